The van der Waals surface area contributed by atoms with Crippen LogP contribution in [0.25, 0.3) is 11.3 Å². The van der Waals surface area contributed by atoms with E-state index in [1.807, 2.05) is 0 Å². The molecule has 2 N–H and O–H groups in total. The molecule has 31 heavy (non-hydrogen) atoms. The number of carbonyl (C=O) groups excluding carboxylic acids is 1. The van der Waals surface area contributed by atoms with Gasteiger partial charge in [0.25, 0.3) is 11.1 Å². The van der Waals surface area contributed by atoms with Crippen LogP contribution in [0.15, 0.2) is 64.3 Å². The third kappa shape index (κ3) is 6.29. The molecule has 0 radical (unpaired) electrons. The average Bonchev–Trinajstić information content (AvgIpc) is 2.73. The first-order chi connectivity index (χ1) is 14.7. The van der Waals surface area contributed by atoms with Gasteiger partial charge in [0, 0.05) is 29.9 Å². The van der Waals surface area contributed by atoms with Crippen molar-refractivity contribution in [2.75, 3.05) is 6.61 Å². The monoisotopic (exact) mass is 434 g/mol. The zero-order chi connectivity index (χ0) is 22.4. The van der Waals surface area contributed by atoms with Crippen LogP contribution in [-0.4, -0.2) is 33.5 Å². The van der Waals surface area contributed by atoms with Crippen molar-refractivity contribution in [3.05, 3.63) is 81.0 Å². The third-order valence-corrected chi connectivity index (χ3v) is 4.09. The summed E-state index contributed by atoms with van der Waals surface area (Å²) in [4.78, 5) is 38.3. The molecule has 0 unspecified atom stereocenters. The number of ether oxygens (including phenoxy) is 1. The van der Waals surface area contributed by atoms with Crippen LogP contribution in [-0.2, 0) is 17.9 Å². The number of halogens is 3. The lowest BCUT2D eigenvalue weighted by atomic mass is 10.1. The molecule has 0 fully saturated rings. The first kappa shape index (κ1) is 21.8. The van der Waals surface area contributed by atoms with Crippen molar-refractivity contribution in [1.82, 2.24) is 20.1 Å². The summed E-state index contributed by atoms with van der Waals surface area (Å²) in [5.74, 6) is -0.490. The molecular weight excluding hydrogens is 417 g/mol. The van der Waals surface area contributed by atoms with Gasteiger partial charge < -0.3 is 15.0 Å². The van der Waals surface area contributed by atoms with E-state index in [9.17, 15) is 27.6 Å². The zero-order valence-corrected chi connectivity index (χ0v) is 16.0. The predicted molar refractivity (Wildman–Crippen MR) is 104 cm³/mol. The van der Waals surface area contributed by atoms with E-state index in [1.54, 1.807) is 12.1 Å². The highest BCUT2D eigenvalue weighted by molar-refractivity contribution is 5.75. The second-order valence-corrected chi connectivity index (χ2v) is 6.44. The number of pyridine rings is 1. The normalized spacial score (nSPS) is 11.2. The summed E-state index contributed by atoms with van der Waals surface area (Å²) in [6, 6.07) is 11.5. The van der Waals surface area contributed by atoms with Crippen LogP contribution in [0.4, 0.5) is 13.2 Å². The second-order valence-electron chi connectivity index (χ2n) is 6.44. The van der Waals surface area contributed by atoms with Gasteiger partial charge in [-0.15, -0.1) is 0 Å². The summed E-state index contributed by atoms with van der Waals surface area (Å²) in [6.07, 6.45) is -2.97. The lowest BCUT2D eigenvalue weighted by molar-refractivity contribution is -0.153. The highest BCUT2D eigenvalue weighted by Gasteiger charge is 2.28. The fourth-order valence-corrected chi connectivity index (χ4v) is 2.58. The maximum Gasteiger partial charge on any atom is 0.422 e. The first-order valence-corrected chi connectivity index (χ1v) is 9.03. The van der Waals surface area contributed by atoms with Crippen molar-refractivity contribution < 1.29 is 22.7 Å². The van der Waals surface area contributed by atoms with Crippen LogP contribution in [0.3, 0.4) is 0 Å². The number of nitrogens with zero attached hydrogens (tertiary/aromatic N) is 2. The number of H-pyrrole nitrogens is 1. The van der Waals surface area contributed by atoms with Crippen LogP contribution >= 0.6 is 0 Å². The number of hydrogen-bond acceptors (Lipinski definition) is 5. The average molecular weight is 434 g/mol. The van der Waals surface area contributed by atoms with E-state index in [4.69, 9.17) is 0 Å². The van der Waals surface area contributed by atoms with Gasteiger partial charge in [-0.1, -0.05) is 6.07 Å². The Kier molecular flexibility index (Phi) is 6.53. The standard InChI is InChI=1S/C20H17F3N4O4/c21-20(22,23)12-31-15-5-3-13(4-6-15)16-7-8-18(29)27(26-16)11-17(28)25-10-14-2-1-9-24-19(14)30/h1-9H,10-12H2,(H,24,30)(H,25,28). The molecular formula is C20H17F3N4O4. The number of hydrogen-bond donors (Lipinski definition) is 2. The van der Waals surface area contributed by atoms with E-state index in [0.717, 1.165) is 4.68 Å². The summed E-state index contributed by atoms with van der Waals surface area (Å²) < 4.78 is 42.3. The molecule has 162 valence electrons. The summed E-state index contributed by atoms with van der Waals surface area (Å²) in [5.41, 5.74) is 0.376. The molecule has 8 nitrogen and oxygen atoms in total. The second kappa shape index (κ2) is 9.28. The Hall–Kier alpha value is -3.89. The molecule has 0 aliphatic rings. The van der Waals surface area contributed by atoms with Crippen LogP contribution in [0.1, 0.15) is 5.56 Å². The van der Waals surface area contributed by atoms with E-state index in [0.29, 0.717) is 16.8 Å². The topological polar surface area (TPSA) is 106 Å². The highest BCUT2D eigenvalue weighted by Crippen LogP contribution is 2.22. The Morgan fingerprint density at radius 2 is 1.84 bits per heavy atom. The van der Waals surface area contributed by atoms with Gasteiger partial charge in [0.2, 0.25) is 5.91 Å². The minimum atomic E-state index is -4.44. The Balaban J connectivity index is 1.67. The number of carbonyl (C=O) groups is 1. The van der Waals surface area contributed by atoms with Crippen molar-refractivity contribution in [2.24, 2.45) is 0 Å². The largest absolute Gasteiger partial charge is 0.484 e. The van der Waals surface area contributed by atoms with Crippen molar-refractivity contribution in [3.63, 3.8) is 0 Å². The van der Waals surface area contributed by atoms with Crippen LogP contribution in [0.2, 0.25) is 0 Å². The molecule has 0 aliphatic heterocycles. The van der Waals surface area contributed by atoms with Gasteiger partial charge >= 0.3 is 6.18 Å². The minimum Gasteiger partial charge on any atom is -0.484 e. The molecule has 3 rings (SSSR count). The first-order valence-electron chi connectivity index (χ1n) is 9.03. The van der Waals surface area contributed by atoms with Gasteiger partial charge in [0.1, 0.15) is 12.3 Å². The predicted octanol–water partition coefficient (Wildman–Crippen LogP) is 1.86. The molecule has 1 aromatic carbocycles. The SMILES string of the molecule is O=C(Cn1nc(-c2ccc(OCC(F)(F)F)cc2)ccc1=O)NCc1ccc[nH]c1=O. The Bertz CT molecular complexity index is 1170. The van der Waals surface area contributed by atoms with Gasteiger partial charge in [-0.3, -0.25) is 14.4 Å². The Morgan fingerprint density at radius 3 is 2.52 bits per heavy atom. The van der Waals surface area contributed by atoms with E-state index in [2.05, 4.69) is 20.1 Å². The van der Waals surface area contributed by atoms with Crippen molar-refractivity contribution in [1.29, 1.82) is 0 Å². The molecule has 3 aromatic rings. The number of aromatic amines is 1. The molecule has 2 aromatic heterocycles. The number of alkyl halides is 3. The zero-order valence-electron chi connectivity index (χ0n) is 16.0. The van der Waals surface area contributed by atoms with Gasteiger partial charge in [-0.25, -0.2) is 4.68 Å². The summed E-state index contributed by atoms with van der Waals surface area (Å²) in [7, 11) is 0. The maximum atomic E-state index is 12.2. The fraction of sp³-hybridized carbons (Fsp3) is 0.200. The summed E-state index contributed by atoms with van der Waals surface area (Å²) in [5, 5.41) is 6.67. The quantitative estimate of drug-likeness (QED) is 0.591. The van der Waals surface area contributed by atoms with E-state index < -0.39 is 24.2 Å². The van der Waals surface area contributed by atoms with Crippen molar-refractivity contribution in [2.45, 2.75) is 19.3 Å². The number of aromatic nitrogens is 3. The van der Waals surface area contributed by atoms with Crippen LogP contribution in [0, 0.1) is 0 Å². The molecule has 0 spiro atoms. The van der Waals surface area contributed by atoms with E-state index >= 15 is 0 Å². The Labute approximate surface area is 173 Å². The summed E-state index contributed by atoms with van der Waals surface area (Å²) >= 11 is 0. The van der Waals surface area contributed by atoms with Gasteiger partial charge in [0.15, 0.2) is 6.61 Å². The van der Waals surface area contributed by atoms with Gasteiger partial charge in [0.05, 0.1) is 5.69 Å². The lowest BCUT2D eigenvalue weighted by Crippen LogP contribution is -2.34. The number of amides is 1. The summed E-state index contributed by atoms with van der Waals surface area (Å²) in [6.45, 7) is -1.79. The molecule has 0 saturated carbocycles. The van der Waals surface area contributed by atoms with E-state index in [1.165, 1.54) is 42.6 Å². The molecule has 0 bridgehead atoms. The van der Waals surface area contributed by atoms with Gasteiger partial charge in [-0.05, 0) is 36.4 Å². The Morgan fingerprint density at radius 1 is 1.10 bits per heavy atom. The number of benzene rings is 1. The molecule has 0 atom stereocenters. The van der Waals surface area contributed by atoms with Crippen molar-refractivity contribution in [3.8, 4) is 17.0 Å². The fourth-order valence-electron chi connectivity index (χ4n) is 2.58. The third-order valence-electron chi connectivity index (χ3n) is 4.09. The van der Waals surface area contributed by atoms with Gasteiger partial charge in [-0.2, -0.15) is 18.3 Å². The lowest BCUT2D eigenvalue weighted by Gasteiger charge is -2.10. The number of nitrogens with one attached hydrogen (secondary N) is 2. The van der Waals surface area contributed by atoms with Crippen molar-refractivity contribution >= 4 is 5.91 Å². The minimum absolute atomic E-state index is 0.0111. The van der Waals surface area contributed by atoms with Crippen LogP contribution in [0.5, 0.6) is 5.75 Å². The molecule has 0 aliphatic carbocycles. The molecule has 11 heteroatoms. The highest BCUT2D eigenvalue weighted by atomic mass is 19.4. The number of rotatable bonds is 7. The maximum absolute atomic E-state index is 12.2. The molecule has 0 saturated heterocycles. The smallest absolute Gasteiger partial charge is 0.422 e. The van der Waals surface area contributed by atoms with Crippen LogP contribution < -0.4 is 21.2 Å². The molecule has 1 amide bonds. The van der Waals surface area contributed by atoms with E-state index in [-0.39, 0.29) is 24.4 Å². The molecule has 2 heterocycles.